The Hall–Kier alpha value is -1.36. The lowest BCUT2D eigenvalue weighted by Crippen LogP contribution is -2.25. The lowest BCUT2D eigenvalue weighted by Gasteiger charge is -2.22. The van der Waals surface area contributed by atoms with Gasteiger partial charge in [0.15, 0.2) is 0 Å². The van der Waals surface area contributed by atoms with Crippen molar-refractivity contribution in [1.82, 2.24) is 9.97 Å². The monoisotopic (exact) mass is 221 g/mol. The third-order valence-electron chi connectivity index (χ3n) is 3.20. The maximum Gasteiger partial charge on any atom is 0.145 e. The minimum atomic E-state index is 0.656. The maximum atomic E-state index is 5.32. The van der Waals surface area contributed by atoms with Crippen LogP contribution in [0, 0.1) is 5.92 Å². The van der Waals surface area contributed by atoms with Crippen molar-refractivity contribution < 1.29 is 0 Å². The highest BCUT2D eigenvalue weighted by atomic mass is 15.3. The summed E-state index contributed by atoms with van der Waals surface area (Å²) in [6.45, 7) is 1.07. The summed E-state index contributed by atoms with van der Waals surface area (Å²) in [6.07, 6.45) is 6.97. The van der Waals surface area contributed by atoms with Gasteiger partial charge in [-0.2, -0.15) is 0 Å². The molecule has 0 saturated heterocycles. The fourth-order valence-corrected chi connectivity index (χ4v) is 2.31. The van der Waals surface area contributed by atoms with E-state index in [0.717, 1.165) is 18.3 Å². The highest BCUT2D eigenvalue weighted by Crippen LogP contribution is 2.26. The molecule has 0 radical (unpaired) electrons. The Morgan fingerprint density at radius 1 is 1.44 bits per heavy atom. The standard InChI is InChI=1S/C11H19N5/c1-16(7-9-4-2-3-5-9)11-6-10(15-12)13-8-14-11/h6,8-9H,2-5,7,12H2,1H3,(H,13,14,15). The van der Waals surface area contributed by atoms with Crippen molar-refractivity contribution in [3.8, 4) is 0 Å². The van der Waals surface area contributed by atoms with Crippen LogP contribution in [0.2, 0.25) is 0 Å². The first-order valence-electron chi connectivity index (χ1n) is 5.79. The van der Waals surface area contributed by atoms with E-state index in [9.17, 15) is 0 Å². The van der Waals surface area contributed by atoms with E-state index in [1.54, 1.807) is 0 Å². The molecule has 1 saturated carbocycles. The Kier molecular flexibility index (Phi) is 3.56. The van der Waals surface area contributed by atoms with Crippen molar-refractivity contribution in [3.63, 3.8) is 0 Å². The minimum Gasteiger partial charge on any atom is -0.359 e. The predicted molar refractivity (Wildman–Crippen MR) is 65.1 cm³/mol. The SMILES string of the molecule is CN(CC1CCCC1)c1cc(NN)ncn1. The van der Waals surface area contributed by atoms with Gasteiger partial charge in [-0.1, -0.05) is 12.8 Å². The molecule has 3 N–H and O–H groups in total. The third-order valence-corrected chi connectivity index (χ3v) is 3.20. The zero-order valence-electron chi connectivity index (χ0n) is 9.69. The summed E-state index contributed by atoms with van der Waals surface area (Å²) < 4.78 is 0. The van der Waals surface area contributed by atoms with E-state index in [1.807, 2.05) is 6.07 Å². The van der Waals surface area contributed by atoms with E-state index < -0.39 is 0 Å². The van der Waals surface area contributed by atoms with Crippen LogP contribution in [-0.4, -0.2) is 23.6 Å². The van der Waals surface area contributed by atoms with Crippen LogP contribution < -0.4 is 16.2 Å². The number of rotatable bonds is 4. The summed E-state index contributed by atoms with van der Waals surface area (Å²) in [5, 5.41) is 0. The van der Waals surface area contributed by atoms with E-state index in [2.05, 4.69) is 27.3 Å². The molecule has 88 valence electrons. The average Bonchev–Trinajstić information content (AvgIpc) is 2.82. The Morgan fingerprint density at radius 2 is 2.19 bits per heavy atom. The van der Waals surface area contributed by atoms with Crippen LogP contribution in [0.15, 0.2) is 12.4 Å². The molecule has 1 aliphatic rings. The molecule has 2 rings (SSSR count). The fourth-order valence-electron chi connectivity index (χ4n) is 2.31. The molecule has 0 spiro atoms. The highest BCUT2D eigenvalue weighted by Gasteiger charge is 2.17. The molecule has 1 aliphatic carbocycles. The zero-order valence-corrected chi connectivity index (χ0v) is 9.69. The van der Waals surface area contributed by atoms with Gasteiger partial charge in [-0.3, -0.25) is 0 Å². The molecule has 0 amide bonds. The summed E-state index contributed by atoms with van der Waals surface area (Å²) in [5.74, 6) is 7.72. The van der Waals surface area contributed by atoms with Gasteiger partial charge >= 0.3 is 0 Å². The Bertz CT molecular complexity index is 335. The van der Waals surface area contributed by atoms with Crippen LogP contribution in [0.5, 0.6) is 0 Å². The summed E-state index contributed by atoms with van der Waals surface area (Å²) in [5.41, 5.74) is 2.54. The van der Waals surface area contributed by atoms with Gasteiger partial charge in [0.1, 0.15) is 18.0 Å². The Balaban J connectivity index is 1.98. The minimum absolute atomic E-state index is 0.656. The number of nitrogen functional groups attached to an aromatic ring is 1. The van der Waals surface area contributed by atoms with Crippen LogP contribution in [0.3, 0.4) is 0 Å². The number of nitrogens with zero attached hydrogens (tertiary/aromatic N) is 3. The molecule has 1 aromatic heterocycles. The molecule has 1 heterocycles. The Labute approximate surface area is 96.0 Å². The van der Waals surface area contributed by atoms with Gasteiger partial charge in [0, 0.05) is 19.7 Å². The molecule has 0 aliphatic heterocycles. The summed E-state index contributed by atoms with van der Waals surface area (Å²) in [7, 11) is 2.07. The number of hydrazine groups is 1. The molecule has 0 aromatic carbocycles. The summed E-state index contributed by atoms with van der Waals surface area (Å²) in [4.78, 5) is 10.4. The van der Waals surface area contributed by atoms with Crippen molar-refractivity contribution in [3.05, 3.63) is 12.4 Å². The van der Waals surface area contributed by atoms with Crippen molar-refractivity contribution >= 4 is 11.6 Å². The number of hydrogen-bond acceptors (Lipinski definition) is 5. The van der Waals surface area contributed by atoms with Crippen molar-refractivity contribution in [2.75, 3.05) is 23.9 Å². The van der Waals surface area contributed by atoms with E-state index >= 15 is 0 Å². The van der Waals surface area contributed by atoms with Crippen LogP contribution in [0.4, 0.5) is 11.6 Å². The number of anilines is 2. The number of nitrogens with one attached hydrogen (secondary N) is 1. The van der Waals surface area contributed by atoms with Crippen LogP contribution in [0.1, 0.15) is 25.7 Å². The fraction of sp³-hybridized carbons (Fsp3) is 0.636. The van der Waals surface area contributed by atoms with Gasteiger partial charge in [-0.25, -0.2) is 15.8 Å². The van der Waals surface area contributed by atoms with Gasteiger partial charge in [0.25, 0.3) is 0 Å². The first kappa shape index (κ1) is 11.1. The molecule has 16 heavy (non-hydrogen) atoms. The molecule has 0 bridgehead atoms. The van der Waals surface area contributed by atoms with E-state index in [0.29, 0.717) is 5.82 Å². The lowest BCUT2D eigenvalue weighted by atomic mass is 10.1. The molecule has 5 nitrogen and oxygen atoms in total. The first-order chi connectivity index (χ1) is 7.79. The topological polar surface area (TPSA) is 67.1 Å². The normalized spacial score (nSPS) is 16.4. The average molecular weight is 221 g/mol. The van der Waals surface area contributed by atoms with E-state index in [-0.39, 0.29) is 0 Å². The lowest BCUT2D eigenvalue weighted by molar-refractivity contribution is 0.545. The van der Waals surface area contributed by atoms with Crippen LogP contribution in [0.25, 0.3) is 0 Å². The second-order valence-corrected chi connectivity index (χ2v) is 4.44. The van der Waals surface area contributed by atoms with Crippen LogP contribution >= 0.6 is 0 Å². The quantitative estimate of drug-likeness (QED) is 0.594. The second-order valence-electron chi connectivity index (χ2n) is 4.44. The molecule has 0 atom stereocenters. The highest BCUT2D eigenvalue weighted by molar-refractivity contribution is 5.47. The molecule has 1 fully saturated rings. The van der Waals surface area contributed by atoms with Crippen LogP contribution in [-0.2, 0) is 0 Å². The smallest absolute Gasteiger partial charge is 0.145 e. The van der Waals surface area contributed by atoms with Gasteiger partial charge in [-0.05, 0) is 18.8 Å². The van der Waals surface area contributed by atoms with Gasteiger partial charge in [0.05, 0.1) is 0 Å². The maximum absolute atomic E-state index is 5.32. The van der Waals surface area contributed by atoms with E-state index in [4.69, 9.17) is 5.84 Å². The summed E-state index contributed by atoms with van der Waals surface area (Å²) in [6, 6.07) is 1.87. The molecular weight excluding hydrogens is 202 g/mol. The van der Waals surface area contributed by atoms with Gasteiger partial charge < -0.3 is 10.3 Å². The first-order valence-corrected chi connectivity index (χ1v) is 5.79. The number of nitrogens with two attached hydrogens (primary N) is 1. The van der Waals surface area contributed by atoms with Gasteiger partial charge in [-0.15, -0.1) is 0 Å². The predicted octanol–water partition coefficient (Wildman–Crippen LogP) is 1.39. The summed E-state index contributed by atoms with van der Waals surface area (Å²) >= 11 is 0. The molecule has 0 unspecified atom stereocenters. The Morgan fingerprint density at radius 3 is 2.88 bits per heavy atom. The van der Waals surface area contributed by atoms with E-state index in [1.165, 1.54) is 32.0 Å². The number of aromatic nitrogens is 2. The van der Waals surface area contributed by atoms with Crippen molar-refractivity contribution in [1.29, 1.82) is 0 Å². The van der Waals surface area contributed by atoms with Crippen molar-refractivity contribution in [2.45, 2.75) is 25.7 Å². The van der Waals surface area contributed by atoms with Crippen molar-refractivity contribution in [2.24, 2.45) is 11.8 Å². The molecular formula is C11H19N5. The van der Waals surface area contributed by atoms with Gasteiger partial charge in [0.2, 0.25) is 0 Å². The largest absolute Gasteiger partial charge is 0.359 e. The number of hydrogen-bond donors (Lipinski definition) is 2. The second kappa shape index (κ2) is 5.12. The molecule has 1 aromatic rings. The third kappa shape index (κ3) is 2.61. The molecule has 5 heteroatoms. The zero-order chi connectivity index (χ0) is 11.4.